The van der Waals surface area contributed by atoms with Gasteiger partial charge in [0.1, 0.15) is 0 Å². The molecule has 0 aliphatic heterocycles. The molecular formula is C14H26S2. The monoisotopic (exact) mass is 258 g/mol. The van der Waals surface area contributed by atoms with E-state index in [1.165, 1.54) is 25.7 Å². The maximum absolute atomic E-state index is 2.30. The van der Waals surface area contributed by atoms with Crippen LogP contribution in [0.3, 0.4) is 0 Å². The number of hydrogen-bond acceptors (Lipinski definition) is 2. The molecule has 0 aliphatic carbocycles. The molecule has 0 aromatic rings. The smallest absolute Gasteiger partial charge is 0.0218 e. The molecule has 0 fully saturated rings. The molecule has 0 aliphatic rings. The Bertz CT molecular complexity index is 175. The van der Waals surface area contributed by atoms with Crippen molar-refractivity contribution in [2.75, 3.05) is 0 Å². The van der Waals surface area contributed by atoms with Crippen molar-refractivity contribution in [3.63, 3.8) is 0 Å². The van der Waals surface area contributed by atoms with Crippen molar-refractivity contribution < 1.29 is 0 Å². The fraction of sp³-hybridized carbons (Fsp3) is 0.714. The third-order valence-electron chi connectivity index (χ3n) is 2.83. The number of hydrogen-bond donors (Lipinski definition) is 0. The van der Waals surface area contributed by atoms with Crippen LogP contribution in [0.25, 0.3) is 0 Å². The van der Waals surface area contributed by atoms with Crippen LogP contribution < -0.4 is 0 Å². The summed E-state index contributed by atoms with van der Waals surface area (Å²) in [7, 11) is 3.63. The van der Waals surface area contributed by atoms with Gasteiger partial charge in [-0.1, -0.05) is 74.3 Å². The van der Waals surface area contributed by atoms with Gasteiger partial charge in [-0.05, 0) is 35.5 Å². The summed E-state index contributed by atoms with van der Waals surface area (Å²) in [5.74, 6) is 1.64. The fourth-order valence-electron chi connectivity index (χ4n) is 1.05. The Morgan fingerprint density at radius 1 is 0.812 bits per heavy atom. The van der Waals surface area contributed by atoms with Crippen molar-refractivity contribution >= 4 is 21.6 Å². The summed E-state index contributed by atoms with van der Waals surface area (Å²) in [6.45, 7) is 9.10. The van der Waals surface area contributed by atoms with E-state index in [1.54, 1.807) is 0 Å². The third kappa shape index (κ3) is 10.7. The van der Waals surface area contributed by atoms with Crippen LogP contribution in [0.5, 0.6) is 0 Å². The van der Waals surface area contributed by atoms with Gasteiger partial charge in [0.2, 0.25) is 0 Å². The van der Waals surface area contributed by atoms with E-state index in [0.717, 1.165) is 11.8 Å². The molecule has 2 heteroatoms. The van der Waals surface area contributed by atoms with Crippen LogP contribution in [0.2, 0.25) is 0 Å². The van der Waals surface area contributed by atoms with Crippen molar-refractivity contribution in [1.29, 1.82) is 0 Å². The Balaban J connectivity index is 3.38. The first kappa shape index (κ1) is 16.2. The number of allylic oxidation sites excluding steroid dienone is 2. The highest BCUT2D eigenvalue weighted by molar-refractivity contribution is 8.78. The van der Waals surface area contributed by atoms with Crippen molar-refractivity contribution in [3.8, 4) is 0 Å². The van der Waals surface area contributed by atoms with Crippen LogP contribution >= 0.6 is 21.6 Å². The van der Waals surface area contributed by atoms with Crippen LogP contribution in [0.15, 0.2) is 23.0 Å². The maximum Gasteiger partial charge on any atom is -0.0218 e. The van der Waals surface area contributed by atoms with Gasteiger partial charge in [0, 0.05) is 0 Å². The molecule has 16 heavy (non-hydrogen) atoms. The lowest BCUT2D eigenvalue weighted by atomic mass is 10.1. The predicted octanol–water partition coefficient (Wildman–Crippen LogP) is 6.27. The Morgan fingerprint density at radius 2 is 1.19 bits per heavy atom. The normalized spacial score (nSPS) is 16.0. The molecule has 0 radical (unpaired) electrons. The minimum Gasteiger partial charge on any atom is -0.0771 e. The summed E-state index contributed by atoms with van der Waals surface area (Å²) in [5, 5.41) is 4.43. The van der Waals surface area contributed by atoms with Gasteiger partial charge >= 0.3 is 0 Å². The van der Waals surface area contributed by atoms with E-state index < -0.39 is 0 Å². The fourth-order valence-corrected chi connectivity index (χ4v) is 2.42. The molecule has 0 saturated heterocycles. The Labute approximate surface area is 110 Å². The molecule has 0 heterocycles. The van der Waals surface area contributed by atoms with Gasteiger partial charge in [-0.3, -0.25) is 0 Å². The molecule has 94 valence electrons. The van der Waals surface area contributed by atoms with Crippen LogP contribution in [-0.4, -0.2) is 0 Å². The topological polar surface area (TPSA) is 0 Å². The first-order valence-electron chi connectivity index (χ1n) is 6.32. The molecule has 0 amide bonds. The molecule has 2 atom stereocenters. The molecule has 0 rings (SSSR count). The summed E-state index contributed by atoms with van der Waals surface area (Å²) in [5.41, 5.74) is 0. The first-order valence-corrected chi connectivity index (χ1v) is 8.60. The van der Waals surface area contributed by atoms with E-state index in [2.05, 4.69) is 50.7 Å². The van der Waals surface area contributed by atoms with Gasteiger partial charge in [0.25, 0.3) is 0 Å². The average molecular weight is 258 g/mol. The van der Waals surface area contributed by atoms with Crippen LogP contribution in [0, 0.1) is 11.8 Å². The van der Waals surface area contributed by atoms with Crippen molar-refractivity contribution in [2.45, 2.75) is 53.4 Å². The van der Waals surface area contributed by atoms with Gasteiger partial charge in [-0.25, -0.2) is 0 Å². The van der Waals surface area contributed by atoms with Gasteiger partial charge in [0.15, 0.2) is 0 Å². The molecule has 0 bridgehead atoms. The van der Waals surface area contributed by atoms with Crippen molar-refractivity contribution in [3.05, 3.63) is 23.0 Å². The zero-order chi connectivity index (χ0) is 12.2. The van der Waals surface area contributed by atoms with E-state index in [0.29, 0.717) is 0 Å². The molecule has 0 nitrogen and oxygen atoms in total. The second-order valence-electron chi connectivity index (χ2n) is 4.43. The minimum atomic E-state index is 0.822. The summed E-state index contributed by atoms with van der Waals surface area (Å²) < 4.78 is 0. The molecule has 0 aromatic heterocycles. The lowest BCUT2D eigenvalue weighted by molar-refractivity contribution is 0.572. The third-order valence-corrected chi connectivity index (χ3v) is 4.55. The minimum absolute atomic E-state index is 0.822. The SMILES string of the molecule is CCC(C)CC=CSSC=CCC(C)CC. The van der Waals surface area contributed by atoms with Crippen LogP contribution in [-0.2, 0) is 0 Å². The quantitative estimate of drug-likeness (QED) is 0.353. The highest BCUT2D eigenvalue weighted by Crippen LogP contribution is 2.25. The predicted molar refractivity (Wildman–Crippen MR) is 81.6 cm³/mol. The van der Waals surface area contributed by atoms with Crippen LogP contribution in [0.4, 0.5) is 0 Å². The molecule has 0 N–H and O–H groups in total. The van der Waals surface area contributed by atoms with E-state index in [-0.39, 0.29) is 0 Å². The molecular weight excluding hydrogens is 232 g/mol. The Kier molecular flexibility index (Phi) is 11.8. The summed E-state index contributed by atoms with van der Waals surface area (Å²) in [6.07, 6.45) is 9.54. The summed E-state index contributed by atoms with van der Waals surface area (Å²) in [4.78, 5) is 0. The van der Waals surface area contributed by atoms with E-state index in [4.69, 9.17) is 0 Å². The van der Waals surface area contributed by atoms with E-state index >= 15 is 0 Å². The van der Waals surface area contributed by atoms with Gasteiger partial charge in [0.05, 0.1) is 0 Å². The van der Waals surface area contributed by atoms with Crippen LogP contribution in [0.1, 0.15) is 53.4 Å². The number of rotatable bonds is 9. The van der Waals surface area contributed by atoms with Gasteiger partial charge < -0.3 is 0 Å². The standard InChI is InChI=1S/C14H26S2/c1-5-13(3)9-7-11-15-16-12-8-10-14(4)6-2/h7-8,11-14H,5-6,9-10H2,1-4H3. The zero-order valence-electron chi connectivity index (χ0n) is 11.1. The highest BCUT2D eigenvalue weighted by Gasteiger charge is 1.94. The Morgan fingerprint density at radius 3 is 1.50 bits per heavy atom. The van der Waals surface area contributed by atoms with Gasteiger partial charge in [-0.15, -0.1) is 0 Å². The highest BCUT2D eigenvalue weighted by atomic mass is 33.1. The lowest BCUT2D eigenvalue weighted by Gasteiger charge is -2.02. The molecule has 2 unspecified atom stereocenters. The van der Waals surface area contributed by atoms with Gasteiger partial charge in [-0.2, -0.15) is 0 Å². The summed E-state index contributed by atoms with van der Waals surface area (Å²) >= 11 is 0. The van der Waals surface area contributed by atoms with Crippen molar-refractivity contribution in [1.82, 2.24) is 0 Å². The van der Waals surface area contributed by atoms with E-state index in [9.17, 15) is 0 Å². The lowest BCUT2D eigenvalue weighted by Crippen LogP contribution is -1.87. The summed E-state index contributed by atoms with van der Waals surface area (Å²) in [6, 6.07) is 0. The average Bonchev–Trinajstić information content (AvgIpc) is 2.31. The van der Waals surface area contributed by atoms with E-state index in [1.807, 2.05) is 21.6 Å². The second-order valence-corrected chi connectivity index (χ2v) is 6.52. The maximum atomic E-state index is 2.30. The Hall–Kier alpha value is 0.180. The molecule has 0 spiro atoms. The first-order chi connectivity index (χ1) is 7.70. The molecule has 0 aromatic carbocycles. The second kappa shape index (κ2) is 11.7. The zero-order valence-corrected chi connectivity index (χ0v) is 12.7. The van der Waals surface area contributed by atoms with Crippen molar-refractivity contribution in [2.24, 2.45) is 11.8 Å². The largest absolute Gasteiger partial charge is 0.0771 e. The molecule has 0 saturated carbocycles.